The summed E-state index contributed by atoms with van der Waals surface area (Å²) in [5, 5.41) is 11.8. The van der Waals surface area contributed by atoms with Gasteiger partial charge in [-0.25, -0.2) is 4.79 Å². The Labute approximate surface area is 97.3 Å². The summed E-state index contributed by atoms with van der Waals surface area (Å²) in [6.07, 6.45) is 1.20. The van der Waals surface area contributed by atoms with Crippen LogP contribution < -0.4 is 5.32 Å². The van der Waals surface area contributed by atoms with E-state index in [1.165, 1.54) is 6.42 Å². The normalized spacial score (nSPS) is 21.6. The highest BCUT2D eigenvalue weighted by Gasteiger charge is 2.23. The number of likely N-dealkylation sites (tertiary alicyclic amines) is 1. The third-order valence-electron chi connectivity index (χ3n) is 3.12. The number of carboxylic acid groups (broad SMARTS) is 1. The Morgan fingerprint density at radius 2 is 2.31 bits per heavy atom. The van der Waals surface area contributed by atoms with Gasteiger partial charge in [-0.15, -0.1) is 0 Å². The van der Waals surface area contributed by atoms with Crippen LogP contribution in [0.15, 0.2) is 12.2 Å². The number of carbonyl (C=O) groups is 1. The summed E-state index contributed by atoms with van der Waals surface area (Å²) in [7, 11) is 0. The molecule has 0 aliphatic carbocycles. The van der Waals surface area contributed by atoms with Crippen molar-refractivity contribution >= 4 is 5.97 Å². The molecule has 0 radical (unpaired) electrons. The Morgan fingerprint density at radius 3 is 2.81 bits per heavy atom. The topological polar surface area (TPSA) is 52.6 Å². The molecule has 1 aliphatic rings. The zero-order valence-corrected chi connectivity index (χ0v) is 10.2. The molecule has 0 aromatic heterocycles. The molecule has 1 unspecified atom stereocenters. The maximum absolute atomic E-state index is 10.5. The molecule has 1 fully saturated rings. The molecule has 92 valence electrons. The molecule has 0 aromatic rings. The van der Waals surface area contributed by atoms with Gasteiger partial charge in [0.25, 0.3) is 0 Å². The van der Waals surface area contributed by atoms with Crippen molar-refractivity contribution in [1.82, 2.24) is 10.2 Å². The lowest BCUT2D eigenvalue weighted by molar-refractivity contribution is -0.132. The van der Waals surface area contributed by atoms with Gasteiger partial charge in [0.1, 0.15) is 0 Å². The van der Waals surface area contributed by atoms with Crippen molar-refractivity contribution < 1.29 is 9.90 Å². The van der Waals surface area contributed by atoms with Crippen molar-refractivity contribution in [1.29, 1.82) is 0 Å². The van der Waals surface area contributed by atoms with Gasteiger partial charge in [-0.3, -0.25) is 0 Å². The van der Waals surface area contributed by atoms with Crippen molar-refractivity contribution in [2.45, 2.75) is 26.3 Å². The molecule has 0 amide bonds. The zero-order chi connectivity index (χ0) is 12.1. The largest absolute Gasteiger partial charge is 0.478 e. The summed E-state index contributed by atoms with van der Waals surface area (Å²) in [4.78, 5) is 13.0. The van der Waals surface area contributed by atoms with E-state index in [9.17, 15) is 4.79 Å². The molecule has 16 heavy (non-hydrogen) atoms. The van der Waals surface area contributed by atoms with Crippen molar-refractivity contribution in [2.24, 2.45) is 5.92 Å². The van der Waals surface area contributed by atoms with E-state index in [1.54, 1.807) is 0 Å². The molecular formula is C12H22N2O2. The van der Waals surface area contributed by atoms with Crippen molar-refractivity contribution in [3.8, 4) is 0 Å². The Morgan fingerprint density at radius 1 is 1.62 bits per heavy atom. The monoisotopic (exact) mass is 226 g/mol. The molecule has 1 atom stereocenters. The maximum Gasteiger partial charge on any atom is 0.332 e. The summed E-state index contributed by atoms with van der Waals surface area (Å²) >= 11 is 0. The fourth-order valence-corrected chi connectivity index (χ4v) is 2.00. The second kappa shape index (κ2) is 6.01. The Kier molecular flexibility index (Phi) is 4.96. The molecule has 0 saturated carbocycles. The van der Waals surface area contributed by atoms with Gasteiger partial charge >= 0.3 is 5.97 Å². The third-order valence-corrected chi connectivity index (χ3v) is 3.12. The second-order valence-corrected chi connectivity index (χ2v) is 4.78. The summed E-state index contributed by atoms with van der Waals surface area (Å²) in [5.74, 6) is -0.272. The van der Waals surface area contributed by atoms with E-state index in [4.69, 9.17) is 5.11 Å². The minimum atomic E-state index is -0.914. The number of nitrogens with zero attached hydrogens (tertiary/aromatic N) is 1. The number of hydrogen-bond acceptors (Lipinski definition) is 3. The SMILES string of the molecule is C=C(CNCC1CCN(C(C)C)C1)C(=O)O. The van der Waals surface area contributed by atoms with Gasteiger partial charge in [-0.2, -0.15) is 0 Å². The Bertz CT molecular complexity index is 264. The van der Waals surface area contributed by atoms with Crippen LogP contribution in [-0.4, -0.2) is 48.2 Å². The van der Waals surface area contributed by atoms with Gasteiger partial charge in [0, 0.05) is 24.7 Å². The smallest absolute Gasteiger partial charge is 0.332 e. The molecule has 1 aliphatic heterocycles. The van der Waals surface area contributed by atoms with Crippen molar-refractivity contribution in [2.75, 3.05) is 26.2 Å². The number of carboxylic acids is 1. The number of aliphatic carboxylic acids is 1. The summed E-state index contributed by atoms with van der Waals surface area (Å²) in [6, 6.07) is 0.610. The first-order chi connectivity index (χ1) is 7.50. The molecule has 1 rings (SSSR count). The van der Waals surface area contributed by atoms with Gasteiger partial charge < -0.3 is 15.3 Å². The maximum atomic E-state index is 10.5. The van der Waals surface area contributed by atoms with E-state index in [0.29, 0.717) is 18.5 Å². The van der Waals surface area contributed by atoms with Crippen molar-refractivity contribution in [3.63, 3.8) is 0 Å². The molecule has 1 saturated heterocycles. The lowest BCUT2D eigenvalue weighted by atomic mass is 10.1. The van der Waals surface area contributed by atoms with Crippen LogP contribution in [0.3, 0.4) is 0 Å². The quantitative estimate of drug-likeness (QED) is 0.662. The highest BCUT2D eigenvalue weighted by Crippen LogP contribution is 2.17. The van der Waals surface area contributed by atoms with E-state index < -0.39 is 5.97 Å². The minimum Gasteiger partial charge on any atom is -0.478 e. The predicted molar refractivity (Wildman–Crippen MR) is 64.5 cm³/mol. The molecule has 4 heteroatoms. The van der Waals surface area contributed by atoms with Gasteiger partial charge in [0.2, 0.25) is 0 Å². The fraction of sp³-hybridized carbons (Fsp3) is 0.750. The number of nitrogens with one attached hydrogen (secondary N) is 1. The van der Waals surface area contributed by atoms with E-state index in [0.717, 1.165) is 19.6 Å². The van der Waals surface area contributed by atoms with Crippen LogP contribution in [0, 0.1) is 5.92 Å². The molecule has 0 spiro atoms. The van der Waals surface area contributed by atoms with Crippen LogP contribution in [0.4, 0.5) is 0 Å². The van der Waals surface area contributed by atoms with Crippen molar-refractivity contribution in [3.05, 3.63) is 12.2 Å². The predicted octanol–water partition coefficient (Wildman–Crippen LogP) is 0.947. The first kappa shape index (κ1) is 13.2. The highest BCUT2D eigenvalue weighted by atomic mass is 16.4. The lowest BCUT2D eigenvalue weighted by Gasteiger charge is -2.20. The standard InChI is InChI=1S/C12H22N2O2/c1-9(2)14-5-4-11(8-14)7-13-6-10(3)12(15)16/h9,11,13H,3-8H2,1-2H3,(H,15,16). The van der Waals surface area contributed by atoms with Crippen LogP contribution in [0.25, 0.3) is 0 Å². The Hall–Kier alpha value is -0.870. The first-order valence-electron chi connectivity index (χ1n) is 5.86. The molecular weight excluding hydrogens is 204 g/mol. The zero-order valence-electron chi connectivity index (χ0n) is 10.2. The molecule has 0 bridgehead atoms. The number of rotatable bonds is 6. The average Bonchev–Trinajstić information content (AvgIpc) is 2.66. The van der Waals surface area contributed by atoms with E-state index in [1.807, 2.05) is 0 Å². The van der Waals surface area contributed by atoms with E-state index >= 15 is 0 Å². The second-order valence-electron chi connectivity index (χ2n) is 4.78. The number of hydrogen-bond donors (Lipinski definition) is 2. The molecule has 2 N–H and O–H groups in total. The molecule has 1 heterocycles. The van der Waals surface area contributed by atoms with Crippen LogP contribution in [0.1, 0.15) is 20.3 Å². The van der Waals surface area contributed by atoms with Crippen LogP contribution in [0.5, 0.6) is 0 Å². The van der Waals surface area contributed by atoms with E-state index in [2.05, 4.69) is 30.6 Å². The van der Waals surface area contributed by atoms with Gasteiger partial charge in [0.05, 0.1) is 0 Å². The third kappa shape index (κ3) is 3.94. The van der Waals surface area contributed by atoms with E-state index in [-0.39, 0.29) is 5.57 Å². The molecule has 0 aromatic carbocycles. The van der Waals surface area contributed by atoms with Gasteiger partial charge in [-0.1, -0.05) is 6.58 Å². The first-order valence-corrected chi connectivity index (χ1v) is 5.86. The summed E-state index contributed by atoms with van der Waals surface area (Å²) in [5.41, 5.74) is 0.235. The van der Waals surface area contributed by atoms with Gasteiger partial charge in [0.15, 0.2) is 0 Å². The van der Waals surface area contributed by atoms with Crippen LogP contribution in [0.2, 0.25) is 0 Å². The van der Waals surface area contributed by atoms with Crippen LogP contribution >= 0.6 is 0 Å². The summed E-state index contributed by atoms with van der Waals surface area (Å²) < 4.78 is 0. The Balaban J connectivity index is 2.16. The van der Waals surface area contributed by atoms with Gasteiger partial charge in [-0.05, 0) is 39.3 Å². The highest BCUT2D eigenvalue weighted by molar-refractivity contribution is 5.86. The molecule has 4 nitrogen and oxygen atoms in total. The summed E-state index contributed by atoms with van der Waals surface area (Å²) in [6.45, 7) is 11.4. The minimum absolute atomic E-state index is 0.235. The van der Waals surface area contributed by atoms with Crippen LogP contribution in [-0.2, 0) is 4.79 Å². The lowest BCUT2D eigenvalue weighted by Crippen LogP contribution is -2.31. The fourth-order valence-electron chi connectivity index (χ4n) is 2.00. The average molecular weight is 226 g/mol.